The SMILES string of the molecule is CC(O)(CO)NCCCS(=O)(=O)O. The standard InChI is InChI=1S/C6H15NO5S/c1-6(9,5-8)7-3-2-4-13(10,11)12/h7-9H,2-5H2,1H3,(H,10,11,12). The summed E-state index contributed by atoms with van der Waals surface area (Å²) in [4.78, 5) is 0. The minimum atomic E-state index is -3.93. The summed E-state index contributed by atoms with van der Waals surface area (Å²) in [6, 6.07) is 0. The van der Waals surface area contributed by atoms with Gasteiger partial charge in [-0.05, 0) is 19.9 Å². The summed E-state index contributed by atoms with van der Waals surface area (Å²) in [5, 5.41) is 20.3. The lowest BCUT2D eigenvalue weighted by Gasteiger charge is -2.21. The fraction of sp³-hybridized carbons (Fsp3) is 1.00. The van der Waals surface area contributed by atoms with E-state index in [1.165, 1.54) is 6.92 Å². The number of hydrogen-bond acceptors (Lipinski definition) is 5. The van der Waals surface area contributed by atoms with Crippen LogP contribution in [0.3, 0.4) is 0 Å². The van der Waals surface area contributed by atoms with E-state index in [0.717, 1.165) is 0 Å². The van der Waals surface area contributed by atoms with Crippen LogP contribution in [0, 0.1) is 0 Å². The molecular weight excluding hydrogens is 198 g/mol. The van der Waals surface area contributed by atoms with Gasteiger partial charge < -0.3 is 10.2 Å². The molecule has 0 rings (SSSR count). The van der Waals surface area contributed by atoms with Gasteiger partial charge in [-0.2, -0.15) is 8.42 Å². The van der Waals surface area contributed by atoms with E-state index in [1.807, 2.05) is 0 Å². The molecular formula is C6H15NO5S. The van der Waals surface area contributed by atoms with Crippen molar-refractivity contribution in [3.05, 3.63) is 0 Å². The average molecular weight is 213 g/mol. The highest BCUT2D eigenvalue weighted by atomic mass is 32.2. The molecule has 0 radical (unpaired) electrons. The number of aliphatic hydroxyl groups excluding tert-OH is 1. The van der Waals surface area contributed by atoms with Crippen LogP contribution in [0.5, 0.6) is 0 Å². The minimum Gasteiger partial charge on any atom is -0.392 e. The Morgan fingerprint density at radius 3 is 2.38 bits per heavy atom. The summed E-state index contributed by atoms with van der Waals surface area (Å²) in [7, 11) is -3.93. The maximum atomic E-state index is 10.2. The third kappa shape index (κ3) is 8.13. The van der Waals surface area contributed by atoms with Crippen LogP contribution in [0.4, 0.5) is 0 Å². The van der Waals surface area contributed by atoms with Gasteiger partial charge in [0.2, 0.25) is 0 Å². The average Bonchev–Trinajstić information content (AvgIpc) is 1.97. The quantitative estimate of drug-likeness (QED) is 0.244. The summed E-state index contributed by atoms with van der Waals surface area (Å²) in [5.41, 5.74) is -1.40. The lowest BCUT2D eigenvalue weighted by molar-refractivity contribution is -0.0265. The van der Waals surface area contributed by atoms with Crippen LogP contribution in [-0.2, 0) is 10.1 Å². The van der Waals surface area contributed by atoms with Gasteiger partial charge in [-0.1, -0.05) is 0 Å². The first-order valence-corrected chi connectivity index (χ1v) is 5.41. The molecule has 0 aromatic rings. The molecule has 0 amide bonds. The Hall–Kier alpha value is -0.210. The molecule has 1 unspecified atom stereocenters. The molecule has 80 valence electrons. The van der Waals surface area contributed by atoms with Crippen molar-refractivity contribution in [1.29, 1.82) is 0 Å². The number of hydrogen-bond donors (Lipinski definition) is 4. The van der Waals surface area contributed by atoms with Crippen LogP contribution < -0.4 is 5.32 Å². The molecule has 0 aromatic heterocycles. The predicted molar refractivity (Wildman–Crippen MR) is 46.7 cm³/mol. The molecule has 0 bridgehead atoms. The first-order valence-electron chi connectivity index (χ1n) is 3.80. The molecule has 0 aliphatic heterocycles. The van der Waals surface area contributed by atoms with Crippen LogP contribution in [0.15, 0.2) is 0 Å². The highest BCUT2D eigenvalue weighted by molar-refractivity contribution is 7.85. The van der Waals surface area contributed by atoms with E-state index in [0.29, 0.717) is 0 Å². The third-order valence-corrected chi connectivity index (χ3v) is 2.20. The fourth-order valence-corrected chi connectivity index (χ4v) is 1.18. The van der Waals surface area contributed by atoms with Crippen LogP contribution in [0.2, 0.25) is 0 Å². The molecule has 0 spiro atoms. The van der Waals surface area contributed by atoms with Gasteiger partial charge in [0.15, 0.2) is 0 Å². The van der Waals surface area contributed by atoms with Gasteiger partial charge in [-0.25, -0.2) is 0 Å². The zero-order chi connectivity index (χ0) is 10.5. The van der Waals surface area contributed by atoms with Crippen LogP contribution in [0.25, 0.3) is 0 Å². The molecule has 0 aliphatic rings. The number of rotatable bonds is 6. The van der Waals surface area contributed by atoms with Crippen LogP contribution in [-0.4, -0.2) is 47.8 Å². The van der Waals surface area contributed by atoms with Crippen molar-refractivity contribution in [2.24, 2.45) is 0 Å². The van der Waals surface area contributed by atoms with Gasteiger partial charge in [-0.15, -0.1) is 0 Å². The highest BCUT2D eigenvalue weighted by Gasteiger charge is 2.17. The van der Waals surface area contributed by atoms with Gasteiger partial charge in [0.1, 0.15) is 5.72 Å². The maximum absolute atomic E-state index is 10.2. The van der Waals surface area contributed by atoms with E-state index in [-0.39, 0.29) is 18.7 Å². The largest absolute Gasteiger partial charge is 0.392 e. The highest BCUT2D eigenvalue weighted by Crippen LogP contribution is 1.95. The van der Waals surface area contributed by atoms with Gasteiger partial charge in [0.05, 0.1) is 12.4 Å². The smallest absolute Gasteiger partial charge is 0.264 e. The Morgan fingerprint density at radius 2 is 2.00 bits per heavy atom. The molecule has 13 heavy (non-hydrogen) atoms. The molecule has 6 nitrogen and oxygen atoms in total. The second kappa shape index (κ2) is 4.87. The molecule has 7 heteroatoms. The van der Waals surface area contributed by atoms with Crippen molar-refractivity contribution >= 4 is 10.1 Å². The zero-order valence-electron chi connectivity index (χ0n) is 7.39. The van der Waals surface area contributed by atoms with Crippen LogP contribution >= 0.6 is 0 Å². The summed E-state index contributed by atoms with van der Waals surface area (Å²) < 4.78 is 28.8. The fourth-order valence-electron chi connectivity index (χ4n) is 0.668. The van der Waals surface area contributed by atoms with E-state index in [4.69, 9.17) is 9.66 Å². The summed E-state index contributed by atoms with van der Waals surface area (Å²) in [5.74, 6) is -0.360. The van der Waals surface area contributed by atoms with Gasteiger partial charge in [0.25, 0.3) is 10.1 Å². The van der Waals surface area contributed by atoms with Gasteiger partial charge >= 0.3 is 0 Å². The van der Waals surface area contributed by atoms with Crippen molar-refractivity contribution in [3.63, 3.8) is 0 Å². The number of aliphatic hydroxyl groups is 2. The minimum absolute atomic E-state index is 0.176. The van der Waals surface area contributed by atoms with E-state index in [2.05, 4.69) is 5.32 Å². The Labute approximate surface area is 77.3 Å². The Morgan fingerprint density at radius 1 is 1.46 bits per heavy atom. The molecule has 1 atom stereocenters. The third-order valence-electron chi connectivity index (χ3n) is 1.39. The van der Waals surface area contributed by atoms with E-state index >= 15 is 0 Å². The first kappa shape index (κ1) is 12.8. The van der Waals surface area contributed by atoms with Crippen molar-refractivity contribution in [2.75, 3.05) is 18.9 Å². The number of nitrogens with one attached hydrogen (secondary N) is 1. The molecule has 0 aromatic carbocycles. The van der Waals surface area contributed by atoms with Crippen molar-refractivity contribution < 1.29 is 23.2 Å². The molecule has 4 N–H and O–H groups in total. The molecule has 0 saturated heterocycles. The van der Waals surface area contributed by atoms with Gasteiger partial charge in [0, 0.05) is 0 Å². The topological polar surface area (TPSA) is 107 Å². The van der Waals surface area contributed by atoms with E-state index in [9.17, 15) is 13.5 Å². The monoisotopic (exact) mass is 213 g/mol. The van der Waals surface area contributed by atoms with E-state index < -0.39 is 22.4 Å². The predicted octanol–water partition coefficient (Wildman–Crippen LogP) is -1.45. The lowest BCUT2D eigenvalue weighted by atomic mass is 10.3. The summed E-state index contributed by atoms with van der Waals surface area (Å²) in [6.45, 7) is 1.10. The van der Waals surface area contributed by atoms with Crippen LogP contribution in [0.1, 0.15) is 13.3 Å². The normalized spacial score (nSPS) is 16.9. The summed E-state index contributed by atoms with van der Waals surface area (Å²) in [6.07, 6.45) is 0.176. The Kier molecular flexibility index (Phi) is 4.79. The molecule has 0 saturated carbocycles. The van der Waals surface area contributed by atoms with Crippen molar-refractivity contribution in [2.45, 2.75) is 19.1 Å². The first-order chi connectivity index (χ1) is 5.77. The molecule has 0 aliphatic carbocycles. The Balaban J connectivity index is 3.58. The second-order valence-corrected chi connectivity index (χ2v) is 4.57. The Bertz CT molecular complexity index is 235. The summed E-state index contributed by atoms with van der Waals surface area (Å²) >= 11 is 0. The molecule has 0 heterocycles. The maximum Gasteiger partial charge on any atom is 0.264 e. The second-order valence-electron chi connectivity index (χ2n) is 3.00. The van der Waals surface area contributed by atoms with Crippen molar-refractivity contribution in [1.82, 2.24) is 5.32 Å². The zero-order valence-corrected chi connectivity index (χ0v) is 8.21. The molecule has 0 fully saturated rings. The lowest BCUT2D eigenvalue weighted by Crippen LogP contribution is -2.46. The van der Waals surface area contributed by atoms with E-state index in [1.54, 1.807) is 0 Å². The van der Waals surface area contributed by atoms with Crippen molar-refractivity contribution in [3.8, 4) is 0 Å². The van der Waals surface area contributed by atoms with Gasteiger partial charge in [-0.3, -0.25) is 9.87 Å².